The summed E-state index contributed by atoms with van der Waals surface area (Å²) in [7, 11) is 0. The van der Waals surface area contributed by atoms with E-state index < -0.39 is 0 Å². The fraction of sp³-hybridized carbons (Fsp3) is 0.308. The molecule has 2 heterocycles. The quantitative estimate of drug-likeness (QED) is 0.886. The highest BCUT2D eigenvalue weighted by Gasteiger charge is 2.30. The number of rotatable bonds is 4. The highest BCUT2D eigenvalue weighted by Crippen LogP contribution is 2.33. The van der Waals surface area contributed by atoms with E-state index in [0.717, 1.165) is 12.4 Å². The maximum absolute atomic E-state index is 5.79. The van der Waals surface area contributed by atoms with Gasteiger partial charge in [-0.3, -0.25) is 0 Å². The molecule has 0 spiro atoms. The van der Waals surface area contributed by atoms with Gasteiger partial charge >= 0.3 is 0 Å². The Morgan fingerprint density at radius 2 is 2.11 bits per heavy atom. The van der Waals surface area contributed by atoms with Crippen molar-refractivity contribution >= 4 is 28.7 Å². The molecule has 18 heavy (non-hydrogen) atoms. The molecular weight excluding hydrogens is 244 g/mol. The number of hydrogen-bond donors (Lipinski definition) is 2. The molecule has 1 aliphatic rings. The van der Waals surface area contributed by atoms with Crippen LogP contribution in [0.3, 0.4) is 0 Å². The summed E-state index contributed by atoms with van der Waals surface area (Å²) < 4.78 is 0. The van der Waals surface area contributed by atoms with Crippen molar-refractivity contribution in [2.45, 2.75) is 25.4 Å². The van der Waals surface area contributed by atoms with Gasteiger partial charge in [-0.25, -0.2) is 4.98 Å². The highest BCUT2D eigenvalue weighted by atomic mass is 32.1. The molecule has 0 saturated heterocycles. The second-order valence-electron chi connectivity index (χ2n) is 4.63. The van der Waals surface area contributed by atoms with Crippen LogP contribution in [0.1, 0.15) is 18.4 Å². The van der Waals surface area contributed by atoms with Gasteiger partial charge in [-0.2, -0.15) is 11.3 Å². The lowest BCUT2D eigenvalue weighted by molar-refractivity contribution is 0.781. The Morgan fingerprint density at radius 3 is 2.72 bits per heavy atom. The van der Waals surface area contributed by atoms with Crippen LogP contribution >= 0.6 is 11.3 Å². The smallest absolute Gasteiger partial charge is 0.149 e. The van der Waals surface area contributed by atoms with Gasteiger partial charge in [0.1, 0.15) is 11.6 Å². The molecule has 4 nitrogen and oxygen atoms in total. The van der Waals surface area contributed by atoms with Gasteiger partial charge in [0.25, 0.3) is 0 Å². The van der Waals surface area contributed by atoms with E-state index in [4.69, 9.17) is 11.5 Å². The first-order valence-electron chi connectivity index (χ1n) is 6.04. The fourth-order valence-electron chi connectivity index (χ4n) is 2.00. The van der Waals surface area contributed by atoms with Crippen LogP contribution in [-0.4, -0.2) is 11.0 Å². The molecule has 0 aliphatic heterocycles. The van der Waals surface area contributed by atoms with Crippen LogP contribution in [-0.2, 0) is 6.54 Å². The van der Waals surface area contributed by atoms with E-state index in [1.165, 1.54) is 18.4 Å². The van der Waals surface area contributed by atoms with Crippen molar-refractivity contribution in [1.82, 2.24) is 4.98 Å². The van der Waals surface area contributed by atoms with Crippen molar-refractivity contribution in [3.8, 4) is 0 Å². The van der Waals surface area contributed by atoms with Crippen molar-refractivity contribution in [1.29, 1.82) is 0 Å². The van der Waals surface area contributed by atoms with Crippen molar-refractivity contribution < 1.29 is 0 Å². The Labute approximate surface area is 110 Å². The highest BCUT2D eigenvalue weighted by molar-refractivity contribution is 7.07. The van der Waals surface area contributed by atoms with Gasteiger partial charge in [0.2, 0.25) is 0 Å². The third-order valence-corrected chi connectivity index (χ3v) is 3.89. The van der Waals surface area contributed by atoms with Crippen molar-refractivity contribution in [2.24, 2.45) is 0 Å². The first kappa shape index (κ1) is 11.3. The zero-order valence-corrected chi connectivity index (χ0v) is 10.9. The number of pyridine rings is 1. The van der Waals surface area contributed by atoms with E-state index in [2.05, 4.69) is 26.7 Å². The third-order valence-electron chi connectivity index (χ3n) is 3.16. The number of nitrogen functional groups attached to an aromatic ring is 2. The monoisotopic (exact) mass is 260 g/mol. The van der Waals surface area contributed by atoms with Crippen molar-refractivity contribution in [2.75, 3.05) is 16.4 Å². The first-order chi connectivity index (χ1) is 8.74. The van der Waals surface area contributed by atoms with Gasteiger partial charge in [-0.05, 0) is 47.4 Å². The molecule has 0 unspecified atom stereocenters. The van der Waals surface area contributed by atoms with Crippen LogP contribution in [0.15, 0.2) is 29.0 Å². The number of hydrogen-bond acceptors (Lipinski definition) is 5. The molecule has 1 fully saturated rings. The summed E-state index contributed by atoms with van der Waals surface area (Å²) in [6.07, 6.45) is 2.46. The maximum Gasteiger partial charge on any atom is 0.149 e. The normalized spacial score (nSPS) is 14.7. The fourth-order valence-corrected chi connectivity index (χ4v) is 2.66. The van der Waals surface area contributed by atoms with Gasteiger partial charge in [0.05, 0.1) is 5.69 Å². The first-order valence-corrected chi connectivity index (χ1v) is 6.98. The number of thiophene rings is 1. The topological polar surface area (TPSA) is 68.2 Å². The largest absolute Gasteiger partial charge is 0.396 e. The third kappa shape index (κ3) is 2.26. The molecule has 94 valence electrons. The Hall–Kier alpha value is -1.75. The Morgan fingerprint density at radius 1 is 1.28 bits per heavy atom. The molecule has 2 aromatic rings. The minimum absolute atomic E-state index is 0.420. The van der Waals surface area contributed by atoms with Gasteiger partial charge in [-0.15, -0.1) is 0 Å². The molecule has 3 rings (SSSR count). The summed E-state index contributed by atoms with van der Waals surface area (Å²) in [4.78, 5) is 6.71. The van der Waals surface area contributed by atoms with E-state index in [1.54, 1.807) is 11.3 Å². The van der Waals surface area contributed by atoms with Gasteiger partial charge in [0.15, 0.2) is 0 Å². The zero-order chi connectivity index (χ0) is 12.5. The van der Waals surface area contributed by atoms with Crippen molar-refractivity contribution in [3.05, 3.63) is 34.5 Å². The number of anilines is 3. The van der Waals surface area contributed by atoms with Crippen LogP contribution in [0.5, 0.6) is 0 Å². The summed E-state index contributed by atoms with van der Waals surface area (Å²) in [6, 6.07) is 6.54. The molecule has 0 bridgehead atoms. The van der Waals surface area contributed by atoms with E-state index in [1.807, 2.05) is 12.1 Å². The molecule has 0 aromatic carbocycles. The molecule has 4 N–H and O–H groups in total. The minimum atomic E-state index is 0.420. The standard InChI is InChI=1S/C13H16N4S/c14-11-3-4-12(16-13(11)15)17(10-1-2-10)7-9-5-6-18-8-9/h3-6,8,10H,1-2,7,14H2,(H2,15,16). The Bertz CT molecular complexity index is 534. The summed E-state index contributed by atoms with van der Waals surface area (Å²) >= 11 is 1.72. The summed E-state index contributed by atoms with van der Waals surface area (Å²) in [5.41, 5.74) is 13.4. The SMILES string of the molecule is Nc1ccc(N(Cc2ccsc2)C2CC2)nc1N. The van der Waals surface area contributed by atoms with E-state index in [-0.39, 0.29) is 0 Å². The second-order valence-corrected chi connectivity index (χ2v) is 5.41. The van der Waals surface area contributed by atoms with Gasteiger partial charge in [-0.1, -0.05) is 0 Å². The molecule has 0 atom stereocenters. The van der Waals surface area contributed by atoms with Crippen LogP contribution in [0.4, 0.5) is 17.3 Å². The number of nitrogens with zero attached hydrogens (tertiary/aromatic N) is 2. The molecule has 5 heteroatoms. The average molecular weight is 260 g/mol. The van der Waals surface area contributed by atoms with E-state index in [0.29, 0.717) is 17.5 Å². The Kier molecular flexibility index (Phi) is 2.83. The average Bonchev–Trinajstić information content (AvgIpc) is 3.07. The second kappa shape index (κ2) is 4.49. The zero-order valence-electron chi connectivity index (χ0n) is 10.0. The van der Waals surface area contributed by atoms with E-state index in [9.17, 15) is 0 Å². The minimum Gasteiger partial charge on any atom is -0.396 e. The van der Waals surface area contributed by atoms with Gasteiger partial charge in [0, 0.05) is 12.6 Å². The number of nitrogens with two attached hydrogens (primary N) is 2. The lowest BCUT2D eigenvalue weighted by atomic mass is 10.3. The lowest BCUT2D eigenvalue weighted by Crippen LogP contribution is -2.26. The predicted octanol–water partition coefficient (Wildman–Crippen LogP) is 2.48. The van der Waals surface area contributed by atoms with Gasteiger partial charge < -0.3 is 16.4 Å². The molecule has 0 amide bonds. The Balaban J connectivity index is 1.86. The lowest BCUT2D eigenvalue weighted by Gasteiger charge is -2.23. The van der Waals surface area contributed by atoms with Crippen LogP contribution in [0, 0.1) is 0 Å². The molecule has 1 aliphatic carbocycles. The molecule has 0 radical (unpaired) electrons. The number of aromatic nitrogens is 1. The van der Waals surface area contributed by atoms with E-state index >= 15 is 0 Å². The predicted molar refractivity (Wildman–Crippen MR) is 76.6 cm³/mol. The molecule has 2 aromatic heterocycles. The summed E-state index contributed by atoms with van der Waals surface area (Å²) in [6.45, 7) is 0.893. The molecule has 1 saturated carbocycles. The van der Waals surface area contributed by atoms with Crippen LogP contribution in [0.25, 0.3) is 0 Å². The summed E-state index contributed by atoms with van der Waals surface area (Å²) in [5, 5.41) is 4.28. The van der Waals surface area contributed by atoms with Crippen molar-refractivity contribution in [3.63, 3.8) is 0 Å². The maximum atomic E-state index is 5.79. The molecular formula is C13H16N4S. The van der Waals surface area contributed by atoms with Crippen LogP contribution in [0.2, 0.25) is 0 Å². The van der Waals surface area contributed by atoms with Crippen LogP contribution < -0.4 is 16.4 Å². The summed E-state index contributed by atoms with van der Waals surface area (Å²) in [5.74, 6) is 1.35.